The Bertz CT molecular complexity index is 1330. The number of hydrogen-bond donors (Lipinski definition) is 1. The van der Waals surface area contributed by atoms with Crippen LogP contribution in [0.15, 0.2) is 90.6 Å². The van der Waals surface area contributed by atoms with Crippen LogP contribution in [0.5, 0.6) is 0 Å². The number of carbonyl (C=O) groups excluding carboxylic acids is 1. The number of para-hydroxylation sites is 1. The van der Waals surface area contributed by atoms with Gasteiger partial charge in [-0.3, -0.25) is 0 Å². The van der Waals surface area contributed by atoms with E-state index in [4.69, 9.17) is 14.7 Å². The van der Waals surface area contributed by atoms with Crippen LogP contribution in [0.3, 0.4) is 0 Å². The van der Waals surface area contributed by atoms with Crippen molar-refractivity contribution in [3.05, 3.63) is 90.6 Å². The van der Waals surface area contributed by atoms with Gasteiger partial charge in [0.05, 0.1) is 29.2 Å². The molecule has 0 spiro atoms. The molecule has 1 aromatic heterocycles. The predicted molar refractivity (Wildman–Crippen MR) is 124 cm³/mol. The number of nitrogens with one attached hydrogen (secondary N) is 1. The monoisotopic (exact) mass is 420 g/mol. The molecule has 0 saturated carbocycles. The molecular weight excluding hydrogens is 400 g/mol. The lowest BCUT2D eigenvalue weighted by molar-refractivity contribution is -0.138. The Morgan fingerprint density at radius 3 is 2.16 bits per heavy atom. The van der Waals surface area contributed by atoms with Crippen molar-refractivity contribution >= 4 is 22.7 Å². The SMILES string of the molecule is CCOC(=O)C(C#N)=CNc1cccc2nc(-c3ccccc3)c(-c3ccccc3)nc12. The average molecular weight is 420 g/mol. The number of hydrogen-bond acceptors (Lipinski definition) is 6. The second kappa shape index (κ2) is 9.54. The van der Waals surface area contributed by atoms with Crippen molar-refractivity contribution in [3.63, 3.8) is 0 Å². The van der Waals surface area contributed by atoms with Crippen LogP contribution in [0.2, 0.25) is 0 Å². The molecule has 32 heavy (non-hydrogen) atoms. The summed E-state index contributed by atoms with van der Waals surface area (Å²) in [6.45, 7) is 1.89. The van der Waals surface area contributed by atoms with Gasteiger partial charge in [0, 0.05) is 17.3 Å². The number of nitrogens with zero attached hydrogens (tertiary/aromatic N) is 3. The van der Waals surface area contributed by atoms with Gasteiger partial charge in [0.2, 0.25) is 0 Å². The number of anilines is 1. The number of aromatic nitrogens is 2. The molecule has 3 aromatic carbocycles. The number of benzene rings is 3. The summed E-state index contributed by atoms with van der Waals surface area (Å²) in [6.07, 6.45) is 1.34. The van der Waals surface area contributed by atoms with E-state index in [2.05, 4.69) is 5.32 Å². The van der Waals surface area contributed by atoms with Crippen molar-refractivity contribution in [2.75, 3.05) is 11.9 Å². The highest BCUT2D eigenvalue weighted by Gasteiger charge is 2.15. The maximum Gasteiger partial charge on any atom is 0.350 e. The molecule has 4 aromatic rings. The minimum atomic E-state index is -0.676. The van der Waals surface area contributed by atoms with Gasteiger partial charge in [-0.25, -0.2) is 14.8 Å². The Morgan fingerprint density at radius 1 is 0.938 bits per heavy atom. The Balaban J connectivity index is 1.86. The van der Waals surface area contributed by atoms with Gasteiger partial charge in [0.15, 0.2) is 5.57 Å². The molecule has 1 N–H and O–H groups in total. The molecule has 0 bridgehead atoms. The van der Waals surface area contributed by atoms with Crippen LogP contribution in [0.4, 0.5) is 5.69 Å². The molecule has 4 rings (SSSR count). The molecule has 0 aliphatic carbocycles. The fraction of sp³-hybridized carbons (Fsp3) is 0.0769. The summed E-state index contributed by atoms with van der Waals surface area (Å²) in [6, 6.07) is 27.2. The molecular formula is C26H20N4O2. The molecule has 0 aliphatic rings. The lowest BCUT2D eigenvalue weighted by Crippen LogP contribution is -2.08. The lowest BCUT2D eigenvalue weighted by atomic mass is 10.0. The van der Waals surface area contributed by atoms with Crippen molar-refractivity contribution < 1.29 is 9.53 Å². The van der Waals surface area contributed by atoms with Crippen molar-refractivity contribution in [3.8, 4) is 28.6 Å². The summed E-state index contributed by atoms with van der Waals surface area (Å²) in [5, 5.41) is 12.3. The van der Waals surface area contributed by atoms with E-state index in [1.54, 1.807) is 6.92 Å². The summed E-state index contributed by atoms with van der Waals surface area (Å²) >= 11 is 0. The zero-order valence-corrected chi connectivity index (χ0v) is 17.4. The summed E-state index contributed by atoms with van der Waals surface area (Å²) in [7, 11) is 0. The van der Waals surface area contributed by atoms with Gasteiger partial charge in [-0.1, -0.05) is 66.7 Å². The number of rotatable bonds is 6. The van der Waals surface area contributed by atoms with Crippen LogP contribution in [-0.4, -0.2) is 22.5 Å². The van der Waals surface area contributed by atoms with E-state index in [0.717, 1.165) is 22.5 Å². The molecule has 0 unspecified atom stereocenters. The molecule has 6 heteroatoms. The summed E-state index contributed by atoms with van der Waals surface area (Å²) in [5.41, 5.74) is 5.25. The molecule has 6 nitrogen and oxygen atoms in total. The van der Waals surface area contributed by atoms with Gasteiger partial charge >= 0.3 is 5.97 Å². The first-order valence-electron chi connectivity index (χ1n) is 10.2. The highest BCUT2D eigenvalue weighted by Crippen LogP contribution is 2.32. The second-order valence-electron chi connectivity index (χ2n) is 6.86. The van der Waals surface area contributed by atoms with Crippen molar-refractivity contribution in [2.45, 2.75) is 6.92 Å². The van der Waals surface area contributed by atoms with Crippen LogP contribution < -0.4 is 5.32 Å². The Labute approximate surface area is 185 Å². The second-order valence-corrected chi connectivity index (χ2v) is 6.86. The van der Waals surface area contributed by atoms with Gasteiger partial charge in [0.1, 0.15) is 11.6 Å². The standard InChI is InChI=1S/C26H20N4O2/c1-2-32-26(31)20(16-27)17-28-21-14-9-15-22-25(21)30-24(19-12-7-4-8-13-19)23(29-22)18-10-5-3-6-11-18/h3-15,17,28H,2H2,1H3. The smallest absolute Gasteiger partial charge is 0.350 e. The van der Waals surface area contributed by atoms with Gasteiger partial charge in [-0.2, -0.15) is 5.26 Å². The highest BCUT2D eigenvalue weighted by atomic mass is 16.5. The van der Waals surface area contributed by atoms with E-state index >= 15 is 0 Å². The summed E-state index contributed by atoms with van der Waals surface area (Å²) in [5.74, 6) is -0.676. The van der Waals surface area contributed by atoms with Crippen molar-refractivity contribution in [1.29, 1.82) is 5.26 Å². The topological polar surface area (TPSA) is 87.9 Å². The van der Waals surface area contributed by atoms with E-state index in [0.29, 0.717) is 16.7 Å². The molecule has 0 saturated heterocycles. The summed E-state index contributed by atoms with van der Waals surface area (Å²) in [4.78, 5) is 21.8. The third-order valence-corrected chi connectivity index (χ3v) is 4.78. The first kappa shape index (κ1) is 20.8. The highest BCUT2D eigenvalue weighted by molar-refractivity contribution is 5.95. The molecule has 0 radical (unpaired) electrons. The molecule has 156 valence electrons. The van der Waals surface area contributed by atoms with Crippen LogP contribution in [-0.2, 0) is 9.53 Å². The summed E-state index contributed by atoms with van der Waals surface area (Å²) < 4.78 is 4.91. The molecule has 0 amide bonds. The van der Waals surface area contributed by atoms with Gasteiger partial charge in [0.25, 0.3) is 0 Å². The Kier molecular flexibility index (Phi) is 6.19. The first-order chi connectivity index (χ1) is 15.7. The molecule has 0 aliphatic heterocycles. The fourth-order valence-corrected chi connectivity index (χ4v) is 3.28. The number of ether oxygens (including phenoxy) is 1. The number of fused-ring (bicyclic) bond motifs is 1. The maximum absolute atomic E-state index is 11.9. The molecule has 0 atom stereocenters. The van der Waals surface area contributed by atoms with Crippen LogP contribution in [0.25, 0.3) is 33.5 Å². The van der Waals surface area contributed by atoms with E-state index in [1.807, 2.05) is 84.9 Å². The predicted octanol–water partition coefficient (Wildman–Crippen LogP) is 5.35. The molecule has 0 fully saturated rings. The fourth-order valence-electron chi connectivity index (χ4n) is 3.28. The first-order valence-corrected chi connectivity index (χ1v) is 10.2. The Morgan fingerprint density at radius 2 is 1.56 bits per heavy atom. The van der Waals surface area contributed by atoms with E-state index in [1.165, 1.54) is 6.20 Å². The van der Waals surface area contributed by atoms with Crippen LogP contribution >= 0.6 is 0 Å². The Hall–Kier alpha value is -4.50. The third kappa shape index (κ3) is 4.32. The quantitative estimate of drug-likeness (QED) is 0.257. The van der Waals surface area contributed by atoms with Crippen molar-refractivity contribution in [1.82, 2.24) is 9.97 Å². The minimum Gasteiger partial charge on any atom is -0.462 e. The van der Waals surface area contributed by atoms with Gasteiger partial charge < -0.3 is 10.1 Å². The largest absolute Gasteiger partial charge is 0.462 e. The zero-order chi connectivity index (χ0) is 22.3. The number of carbonyl (C=O) groups is 1. The number of nitriles is 1. The van der Waals surface area contributed by atoms with Gasteiger partial charge in [-0.05, 0) is 19.1 Å². The molecule has 1 heterocycles. The van der Waals surface area contributed by atoms with E-state index in [-0.39, 0.29) is 12.2 Å². The van der Waals surface area contributed by atoms with E-state index in [9.17, 15) is 10.1 Å². The van der Waals surface area contributed by atoms with Crippen LogP contribution in [0, 0.1) is 11.3 Å². The van der Waals surface area contributed by atoms with Crippen molar-refractivity contribution in [2.24, 2.45) is 0 Å². The number of esters is 1. The van der Waals surface area contributed by atoms with Gasteiger partial charge in [-0.15, -0.1) is 0 Å². The third-order valence-electron chi connectivity index (χ3n) is 4.78. The van der Waals surface area contributed by atoms with E-state index < -0.39 is 5.97 Å². The lowest BCUT2D eigenvalue weighted by Gasteiger charge is -2.13. The average Bonchev–Trinajstić information content (AvgIpc) is 2.85. The normalized spacial score (nSPS) is 11.1. The minimum absolute atomic E-state index is 0.124. The zero-order valence-electron chi connectivity index (χ0n) is 17.4. The van der Waals surface area contributed by atoms with Crippen LogP contribution in [0.1, 0.15) is 6.92 Å². The maximum atomic E-state index is 11.9.